The summed E-state index contributed by atoms with van der Waals surface area (Å²) in [6.45, 7) is 14.4. The second-order valence-electron chi connectivity index (χ2n) is 15.5. The van der Waals surface area contributed by atoms with E-state index in [-0.39, 0.29) is 29.5 Å². The maximum Gasteiger partial charge on any atom is 0.482 e. The van der Waals surface area contributed by atoms with E-state index in [4.69, 9.17) is 18.8 Å². The van der Waals surface area contributed by atoms with Gasteiger partial charge in [-0.05, 0) is 88.2 Å². The minimum atomic E-state index is -0.599. The number of amides is 2. The Labute approximate surface area is 280 Å². The van der Waals surface area contributed by atoms with Crippen LogP contribution in [0.3, 0.4) is 0 Å². The predicted molar refractivity (Wildman–Crippen MR) is 178 cm³/mol. The van der Waals surface area contributed by atoms with Crippen molar-refractivity contribution in [2.45, 2.75) is 102 Å². The first-order chi connectivity index (χ1) is 22.4. The summed E-state index contributed by atoms with van der Waals surface area (Å²) in [6, 6.07) is 12.2. The number of ether oxygens (including phenoxy) is 2. The molecule has 0 radical (unpaired) electrons. The van der Waals surface area contributed by atoms with Crippen LogP contribution in [0.4, 0.5) is 4.79 Å². The van der Waals surface area contributed by atoms with Crippen LogP contribution >= 0.6 is 0 Å². The van der Waals surface area contributed by atoms with Crippen molar-refractivity contribution in [1.82, 2.24) is 15.1 Å². The highest BCUT2D eigenvalue weighted by Crippen LogP contribution is 2.65. The van der Waals surface area contributed by atoms with Gasteiger partial charge in [0.1, 0.15) is 17.7 Å². The van der Waals surface area contributed by atoms with Gasteiger partial charge < -0.3 is 29.0 Å². The summed E-state index contributed by atoms with van der Waals surface area (Å²) >= 11 is 0. The number of alkyl carbamates (subject to hydrolysis) is 1. The molecule has 7 rings (SSSR count). The Kier molecular flexibility index (Phi) is 9.79. The van der Waals surface area contributed by atoms with Crippen LogP contribution in [-0.4, -0.2) is 97.6 Å². The third-order valence-corrected chi connectivity index (χ3v) is 11.8. The molecule has 0 aromatic heterocycles. The fourth-order valence-electron chi connectivity index (χ4n) is 8.77. The van der Waals surface area contributed by atoms with Gasteiger partial charge >= 0.3 is 13.2 Å². The molecule has 6 atom stereocenters. The Bertz CT molecular complexity index is 1370. The first-order valence-corrected chi connectivity index (χ1v) is 17.5. The van der Waals surface area contributed by atoms with Gasteiger partial charge in [-0.25, -0.2) is 4.79 Å². The molecule has 1 aromatic rings. The fourth-order valence-corrected chi connectivity index (χ4v) is 8.77. The van der Waals surface area contributed by atoms with E-state index in [0.717, 1.165) is 44.3 Å². The topological polar surface area (TPSA) is 113 Å². The monoisotopic (exact) mass is 646 g/mol. The number of hydrogen-bond acceptors (Lipinski definition) is 8. The zero-order valence-electron chi connectivity index (χ0n) is 28.7. The molecule has 3 saturated carbocycles. The van der Waals surface area contributed by atoms with Gasteiger partial charge in [-0.1, -0.05) is 44.2 Å². The number of nitrogens with zero attached hydrogens (tertiary/aromatic N) is 3. The molecule has 0 unspecified atom stereocenters. The van der Waals surface area contributed by atoms with Crippen LogP contribution in [-0.2, 0) is 30.0 Å². The molecule has 1 N–H and O–H groups in total. The van der Waals surface area contributed by atoms with Crippen LogP contribution in [0.15, 0.2) is 42.0 Å². The summed E-state index contributed by atoms with van der Waals surface area (Å²) in [5.74, 6) is 0.263. The molecule has 254 valence electrons. The molecule has 6 fully saturated rings. The average Bonchev–Trinajstić information content (AvgIpc) is 3.26. The predicted octanol–water partition coefficient (Wildman–Crippen LogP) is 4.53. The van der Waals surface area contributed by atoms with Crippen molar-refractivity contribution in [3.63, 3.8) is 0 Å². The average molecular weight is 647 g/mol. The number of carbonyl (C=O) groups is 2. The number of morpholine rings is 1. The van der Waals surface area contributed by atoms with Crippen LogP contribution in [0.25, 0.3) is 0 Å². The summed E-state index contributed by atoms with van der Waals surface area (Å²) in [6.07, 6.45) is 5.60. The molecule has 3 aliphatic carbocycles. The Morgan fingerprint density at radius 1 is 1.15 bits per heavy atom. The number of rotatable bonds is 8. The van der Waals surface area contributed by atoms with Crippen molar-refractivity contribution in [1.29, 1.82) is 5.26 Å². The molecule has 47 heavy (non-hydrogen) atoms. The highest BCUT2D eigenvalue weighted by molar-refractivity contribution is 6.47. The van der Waals surface area contributed by atoms with Gasteiger partial charge in [0, 0.05) is 25.2 Å². The highest BCUT2D eigenvalue weighted by atomic mass is 16.7. The van der Waals surface area contributed by atoms with Gasteiger partial charge in [0.05, 0.1) is 37.4 Å². The lowest BCUT2D eigenvalue weighted by atomic mass is 9.43. The van der Waals surface area contributed by atoms with Gasteiger partial charge in [0.15, 0.2) is 0 Å². The van der Waals surface area contributed by atoms with Crippen molar-refractivity contribution in [2.75, 3.05) is 39.4 Å². The van der Waals surface area contributed by atoms with Crippen molar-refractivity contribution in [3.8, 4) is 6.07 Å². The number of hydrogen-bond donors (Lipinski definition) is 1. The maximum atomic E-state index is 13.7. The summed E-state index contributed by atoms with van der Waals surface area (Å²) in [5, 5.41) is 13.1. The minimum Gasteiger partial charge on any atom is -0.444 e. The molecule has 1 aromatic carbocycles. The van der Waals surface area contributed by atoms with Crippen LogP contribution < -0.4 is 5.32 Å². The molecular formula is C36H51BN4O6. The standard InChI is InChI=1S/C36H51BN4O6/c1-34(2,41-15-17-44-18-16-41)22-26(23-38)32(42)40-14-10-9-13-28(24-40)45-33(43)39-31(19-25-11-7-6-8-12-25)37-46-30-21-27-20-29(35(27,3)4)36(30,5)47-37/h6-8,11-12,22,27-31H,9-10,13-21,24H2,1-5H3,(H,39,43)/b26-22+/t27-,28+,29-,30+,31-,36-/m0/s1. The number of nitrogens with one attached hydrogen (secondary N) is 1. The molecule has 11 heteroatoms. The maximum absolute atomic E-state index is 13.7. The van der Waals surface area contributed by atoms with Crippen molar-refractivity contribution >= 4 is 19.1 Å². The normalized spacial score (nSPS) is 31.5. The quantitative estimate of drug-likeness (QED) is 0.249. The summed E-state index contributed by atoms with van der Waals surface area (Å²) in [4.78, 5) is 31.1. The van der Waals surface area contributed by atoms with E-state index in [1.165, 1.54) is 0 Å². The fraction of sp³-hybridized carbons (Fsp3) is 0.694. The van der Waals surface area contributed by atoms with E-state index in [0.29, 0.717) is 44.4 Å². The van der Waals surface area contributed by atoms with Crippen molar-refractivity contribution in [3.05, 3.63) is 47.5 Å². The van der Waals surface area contributed by atoms with Crippen LogP contribution in [0.1, 0.15) is 72.3 Å². The summed E-state index contributed by atoms with van der Waals surface area (Å²) in [7, 11) is -0.599. The van der Waals surface area contributed by atoms with Gasteiger partial charge in [-0.15, -0.1) is 0 Å². The molecule has 3 aliphatic heterocycles. The van der Waals surface area contributed by atoms with E-state index in [9.17, 15) is 14.9 Å². The third kappa shape index (κ3) is 6.98. The second kappa shape index (κ2) is 13.5. The number of likely N-dealkylation sites (tertiary alicyclic amines) is 1. The Balaban J connectivity index is 1.12. The van der Waals surface area contributed by atoms with E-state index < -0.39 is 36.4 Å². The van der Waals surface area contributed by atoms with Gasteiger partial charge in [0.2, 0.25) is 0 Å². The zero-order chi connectivity index (χ0) is 33.4. The van der Waals surface area contributed by atoms with Gasteiger partial charge in [-0.3, -0.25) is 9.69 Å². The van der Waals surface area contributed by atoms with E-state index in [1.807, 2.05) is 44.2 Å². The smallest absolute Gasteiger partial charge is 0.444 e. The molecule has 3 heterocycles. The summed E-state index contributed by atoms with van der Waals surface area (Å²) < 4.78 is 24.8. The minimum absolute atomic E-state index is 0.00240. The van der Waals surface area contributed by atoms with E-state index in [1.54, 1.807) is 11.0 Å². The van der Waals surface area contributed by atoms with Crippen LogP contribution in [0.5, 0.6) is 0 Å². The first-order valence-electron chi connectivity index (χ1n) is 17.5. The molecule has 10 nitrogen and oxygen atoms in total. The van der Waals surface area contributed by atoms with E-state index >= 15 is 0 Å². The SMILES string of the molecule is CC1(C)[C@@H]2C[C@H]3OB([C@H](Cc4ccccc4)NC(=O)O[C@@H]4CCCCN(C(=O)/C(C#N)=C/C(C)(C)N5CCOCC5)C4)O[C@@]3(C)[C@H]1C2. The molecule has 2 amide bonds. The van der Waals surface area contributed by atoms with Crippen LogP contribution in [0.2, 0.25) is 0 Å². The van der Waals surface area contributed by atoms with E-state index in [2.05, 4.69) is 37.1 Å². The lowest BCUT2D eigenvalue weighted by Gasteiger charge is -2.64. The van der Waals surface area contributed by atoms with Gasteiger partial charge in [-0.2, -0.15) is 5.26 Å². The molecule has 6 aliphatic rings. The Hall–Kier alpha value is -2.91. The largest absolute Gasteiger partial charge is 0.482 e. The first kappa shape index (κ1) is 34.0. The lowest BCUT2D eigenvalue weighted by Crippen LogP contribution is -2.65. The Morgan fingerprint density at radius 3 is 2.60 bits per heavy atom. The van der Waals surface area contributed by atoms with Gasteiger partial charge in [0.25, 0.3) is 5.91 Å². The molecular weight excluding hydrogens is 595 g/mol. The van der Waals surface area contributed by atoms with Crippen LogP contribution in [0, 0.1) is 28.6 Å². The number of benzene rings is 1. The lowest BCUT2D eigenvalue weighted by molar-refractivity contribution is -0.199. The number of carbonyl (C=O) groups excluding carboxylic acids is 2. The van der Waals surface area contributed by atoms with Crippen molar-refractivity contribution in [2.24, 2.45) is 17.3 Å². The summed E-state index contributed by atoms with van der Waals surface area (Å²) in [5.41, 5.74) is 0.521. The third-order valence-electron chi connectivity index (χ3n) is 11.8. The highest BCUT2D eigenvalue weighted by Gasteiger charge is 2.68. The molecule has 2 bridgehead atoms. The molecule has 3 saturated heterocycles. The Morgan fingerprint density at radius 2 is 1.89 bits per heavy atom. The second-order valence-corrected chi connectivity index (χ2v) is 15.5. The zero-order valence-corrected chi connectivity index (χ0v) is 28.7. The molecule has 0 spiro atoms. The number of nitriles is 1. The van der Waals surface area contributed by atoms with Crippen molar-refractivity contribution < 1.29 is 28.4 Å².